The molecule has 0 unspecified atom stereocenters. The molecule has 10 heteroatoms. The number of anilines is 3. The van der Waals surface area contributed by atoms with Crippen molar-refractivity contribution >= 4 is 34.4 Å². The van der Waals surface area contributed by atoms with Crippen molar-refractivity contribution in [2.75, 3.05) is 30.3 Å². The number of carboxylic acid groups (broad SMARTS) is 1. The zero-order chi connectivity index (χ0) is 24.0. The molecule has 3 aromatic rings. The largest absolute Gasteiger partial charge is 0.465 e. The van der Waals surface area contributed by atoms with Gasteiger partial charge in [0.05, 0.1) is 5.52 Å². The number of amides is 1. The van der Waals surface area contributed by atoms with Gasteiger partial charge in [-0.25, -0.2) is 9.78 Å². The number of carbonyl (C=O) groups is 1. The predicted molar refractivity (Wildman–Crippen MR) is 130 cm³/mol. The predicted octanol–water partition coefficient (Wildman–Crippen LogP) is 3.14. The number of H-pyrrole nitrogens is 1. The number of nitrogens with one attached hydrogen (secondary N) is 3. The van der Waals surface area contributed by atoms with Gasteiger partial charge in [0.25, 0.3) is 5.56 Å². The molecule has 0 bridgehead atoms. The van der Waals surface area contributed by atoms with Crippen LogP contribution in [-0.2, 0) is 6.42 Å². The van der Waals surface area contributed by atoms with Gasteiger partial charge in [-0.15, -0.1) is 0 Å². The summed E-state index contributed by atoms with van der Waals surface area (Å²) in [6.45, 7) is 6.97. The molecule has 0 fully saturated rings. The van der Waals surface area contributed by atoms with E-state index in [-0.39, 0.29) is 5.56 Å². The average Bonchev–Trinajstić information content (AvgIpc) is 2.73. The van der Waals surface area contributed by atoms with Crippen LogP contribution in [0.25, 0.3) is 10.9 Å². The van der Waals surface area contributed by atoms with E-state index >= 15 is 0 Å². The van der Waals surface area contributed by atoms with Crippen LogP contribution in [0, 0.1) is 0 Å². The number of nitrogens with two attached hydrogens (primary N) is 1. The van der Waals surface area contributed by atoms with Gasteiger partial charge in [0, 0.05) is 30.5 Å². The first-order chi connectivity index (χ1) is 15.7. The number of rotatable bonds is 9. The molecule has 0 atom stereocenters. The fourth-order valence-electron chi connectivity index (χ4n) is 3.52. The molecule has 0 aliphatic carbocycles. The van der Waals surface area contributed by atoms with E-state index in [0.29, 0.717) is 48.7 Å². The summed E-state index contributed by atoms with van der Waals surface area (Å²) in [5, 5.41) is 16.2. The van der Waals surface area contributed by atoms with E-state index in [1.165, 1.54) is 4.90 Å². The Morgan fingerprint density at radius 1 is 1.24 bits per heavy atom. The van der Waals surface area contributed by atoms with E-state index < -0.39 is 11.6 Å². The summed E-state index contributed by atoms with van der Waals surface area (Å²) in [4.78, 5) is 37.0. The molecule has 0 aliphatic heterocycles. The van der Waals surface area contributed by atoms with E-state index in [2.05, 4.69) is 25.6 Å². The SMILES string of the molecule is CC(C)(C)N(CCCNc1nc(Nc2cccc(CCN)c2)c2c(=O)[nH]ccc2n1)C(=O)O. The second-order valence-electron chi connectivity index (χ2n) is 8.71. The van der Waals surface area contributed by atoms with Crippen molar-refractivity contribution in [3.05, 3.63) is 52.4 Å². The fraction of sp³-hybridized carbons (Fsp3) is 0.391. The van der Waals surface area contributed by atoms with Crippen LogP contribution >= 0.6 is 0 Å². The number of hydrogen-bond acceptors (Lipinski definition) is 7. The topological polar surface area (TPSA) is 149 Å². The maximum Gasteiger partial charge on any atom is 0.407 e. The minimum absolute atomic E-state index is 0.290. The minimum atomic E-state index is -0.952. The van der Waals surface area contributed by atoms with Crippen LogP contribution in [-0.4, -0.2) is 56.2 Å². The molecule has 1 amide bonds. The Hall–Kier alpha value is -3.66. The summed E-state index contributed by atoms with van der Waals surface area (Å²) in [5.74, 6) is 0.738. The first kappa shape index (κ1) is 24.0. The number of fused-ring (bicyclic) bond motifs is 1. The highest BCUT2D eigenvalue weighted by Gasteiger charge is 2.25. The molecule has 0 radical (unpaired) electrons. The summed E-state index contributed by atoms with van der Waals surface area (Å²) in [5.41, 5.74) is 7.26. The van der Waals surface area contributed by atoms with Crippen LogP contribution in [0.1, 0.15) is 32.8 Å². The molecule has 1 aromatic carbocycles. The Morgan fingerprint density at radius 3 is 2.73 bits per heavy atom. The van der Waals surface area contributed by atoms with Crippen molar-refractivity contribution in [1.29, 1.82) is 0 Å². The van der Waals surface area contributed by atoms with E-state index in [9.17, 15) is 14.7 Å². The average molecular weight is 454 g/mol. The molecule has 0 saturated carbocycles. The van der Waals surface area contributed by atoms with Crippen molar-refractivity contribution in [2.24, 2.45) is 5.73 Å². The lowest BCUT2D eigenvalue weighted by Crippen LogP contribution is -2.45. The zero-order valence-electron chi connectivity index (χ0n) is 19.2. The fourth-order valence-corrected chi connectivity index (χ4v) is 3.52. The van der Waals surface area contributed by atoms with Gasteiger partial charge in [0.1, 0.15) is 11.2 Å². The van der Waals surface area contributed by atoms with Crippen molar-refractivity contribution in [3.63, 3.8) is 0 Å². The lowest BCUT2D eigenvalue weighted by atomic mass is 10.1. The molecule has 6 N–H and O–H groups in total. The Balaban J connectivity index is 1.81. The minimum Gasteiger partial charge on any atom is -0.465 e. The van der Waals surface area contributed by atoms with Gasteiger partial charge in [0.2, 0.25) is 5.95 Å². The Labute approximate surface area is 192 Å². The van der Waals surface area contributed by atoms with Crippen LogP contribution in [0.5, 0.6) is 0 Å². The Morgan fingerprint density at radius 2 is 2.03 bits per heavy atom. The zero-order valence-corrected chi connectivity index (χ0v) is 19.2. The quantitative estimate of drug-likeness (QED) is 0.310. The van der Waals surface area contributed by atoms with E-state index in [0.717, 1.165) is 17.7 Å². The summed E-state index contributed by atoms with van der Waals surface area (Å²) < 4.78 is 0. The molecule has 3 rings (SSSR count). The molecular weight excluding hydrogens is 422 g/mol. The lowest BCUT2D eigenvalue weighted by Gasteiger charge is -2.33. The van der Waals surface area contributed by atoms with Crippen LogP contribution in [0.4, 0.5) is 22.2 Å². The number of aromatic amines is 1. The smallest absolute Gasteiger partial charge is 0.407 e. The highest BCUT2D eigenvalue weighted by atomic mass is 16.4. The third-order valence-electron chi connectivity index (χ3n) is 5.12. The lowest BCUT2D eigenvalue weighted by molar-refractivity contribution is 0.100. The molecule has 10 nitrogen and oxygen atoms in total. The standard InChI is InChI=1S/C23H31N7O3/c1-23(2,3)30(22(32)33)13-5-11-26-21-28-17-9-12-25-20(31)18(17)19(29-21)27-16-7-4-6-15(14-16)8-10-24/h4,6-7,9,12,14H,5,8,10-11,13,24H2,1-3H3,(H,25,31)(H,32,33)(H2,26,27,28,29). The van der Waals surface area contributed by atoms with E-state index in [4.69, 9.17) is 5.73 Å². The monoisotopic (exact) mass is 453 g/mol. The molecule has 0 saturated heterocycles. The van der Waals surface area contributed by atoms with Crippen molar-refractivity contribution in [1.82, 2.24) is 19.9 Å². The number of benzene rings is 1. The summed E-state index contributed by atoms with van der Waals surface area (Å²) in [6.07, 6.45) is 1.91. The molecule has 33 heavy (non-hydrogen) atoms. The Bertz CT molecular complexity index is 1170. The third kappa shape index (κ3) is 6.19. The summed E-state index contributed by atoms with van der Waals surface area (Å²) >= 11 is 0. The molecule has 2 heterocycles. The van der Waals surface area contributed by atoms with Gasteiger partial charge in [-0.05, 0) is 63.9 Å². The van der Waals surface area contributed by atoms with Gasteiger partial charge in [-0.3, -0.25) is 4.79 Å². The van der Waals surface area contributed by atoms with E-state index in [1.807, 2.05) is 45.0 Å². The third-order valence-corrected chi connectivity index (χ3v) is 5.12. The van der Waals surface area contributed by atoms with Gasteiger partial charge < -0.3 is 31.4 Å². The number of aromatic nitrogens is 3. The van der Waals surface area contributed by atoms with Crippen molar-refractivity contribution in [3.8, 4) is 0 Å². The van der Waals surface area contributed by atoms with Crippen LogP contribution in [0.2, 0.25) is 0 Å². The van der Waals surface area contributed by atoms with Crippen LogP contribution in [0.3, 0.4) is 0 Å². The number of hydrogen-bond donors (Lipinski definition) is 5. The molecular formula is C23H31N7O3. The first-order valence-corrected chi connectivity index (χ1v) is 10.9. The highest BCUT2D eigenvalue weighted by molar-refractivity contribution is 5.90. The summed E-state index contributed by atoms with van der Waals surface area (Å²) in [7, 11) is 0. The van der Waals surface area contributed by atoms with Crippen molar-refractivity contribution in [2.45, 2.75) is 39.2 Å². The second kappa shape index (κ2) is 10.3. The molecule has 0 aliphatic rings. The normalized spacial score (nSPS) is 11.4. The maximum absolute atomic E-state index is 12.5. The molecule has 176 valence electrons. The van der Waals surface area contributed by atoms with Gasteiger partial charge in [0.15, 0.2) is 0 Å². The second-order valence-corrected chi connectivity index (χ2v) is 8.71. The van der Waals surface area contributed by atoms with Crippen LogP contribution < -0.4 is 21.9 Å². The molecule has 2 aromatic heterocycles. The van der Waals surface area contributed by atoms with Crippen LogP contribution in [0.15, 0.2) is 41.3 Å². The highest BCUT2D eigenvalue weighted by Crippen LogP contribution is 2.23. The van der Waals surface area contributed by atoms with E-state index in [1.54, 1.807) is 12.3 Å². The Kier molecular flexibility index (Phi) is 7.49. The van der Waals surface area contributed by atoms with Gasteiger partial charge in [-0.2, -0.15) is 4.98 Å². The number of pyridine rings is 1. The van der Waals surface area contributed by atoms with Gasteiger partial charge >= 0.3 is 6.09 Å². The number of nitrogens with zero attached hydrogens (tertiary/aromatic N) is 3. The summed E-state index contributed by atoms with van der Waals surface area (Å²) in [6, 6.07) is 9.49. The maximum atomic E-state index is 12.5. The first-order valence-electron chi connectivity index (χ1n) is 10.9. The molecule has 0 spiro atoms. The van der Waals surface area contributed by atoms with Gasteiger partial charge in [-0.1, -0.05) is 12.1 Å². The van der Waals surface area contributed by atoms with Crippen molar-refractivity contribution < 1.29 is 9.90 Å².